The summed E-state index contributed by atoms with van der Waals surface area (Å²) in [4.78, 5) is 27.4. The van der Waals surface area contributed by atoms with Gasteiger partial charge in [0, 0.05) is 36.8 Å². The number of carbonyl (C=O) groups excluding carboxylic acids is 1. The molecule has 0 spiro atoms. The number of halogens is 2. The maximum Gasteiger partial charge on any atom is 0.323 e. The number of hydrogen-bond acceptors (Lipinski definition) is 5. The predicted octanol–water partition coefficient (Wildman–Crippen LogP) is 6.21. The number of rotatable bonds is 9. The SMILES string of the molecule is CC(C)CN(c1ccc(SC(C)(C)C(=O)O)cc1NC(=O)Nc1ccc(F)cc1F)C1CCOCC1. The van der Waals surface area contributed by atoms with E-state index in [1.54, 1.807) is 19.9 Å². The summed E-state index contributed by atoms with van der Waals surface area (Å²) in [6.07, 6.45) is 1.67. The Morgan fingerprint density at radius 3 is 2.39 bits per heavy atom. The second kappa shape index (κ2) is 11.9. The fraction of sp³-hybridized carbons (Fsp3) is 0.462. The standard InChI is InChI=1S/C26H33F2N3O4S/c1-16(2)15-31(18-9-11-35-12-10-18)23-8-6-19(36-26(3,4)24(32)33)14-22(23)30-25(34)29-21-7-5-17(27)13-20(21)28/h5-8,13-14,16,18H,9-12,15H2,1-4H3,(H,32,33)(H2,29,30,34). The first-order chi connectivity index (χ1) is 17.0. The Labute approximate surface area is 214 Å². The molecule has 1 heterocycles. The molecule has 0 unspecified atom stereocenters. The molecule has 10 heteroatoms. The van der Waals surface area contributed by atoms with Gasteiger partial charge in [0.2, 0.25) is 0 Å². The third kappa shape index (κ3) is 7.33. The molecule has 7 nitrogen and oxygen atoms in total. The van der Waals surface area contributed by atoms with Crippen LogP contribution in [0.25, 0.3) is 0 Å². The van der Waals surface area contributed by atoms with Gasteiger partial charge in [-0.15, -0.1) is 11.8 Å². The first-order valence-electron chi connectivity index (χ1n) is 11.9. The van der Waals surface area contributed by atoms with Gasteiger partial charge >= 0.3 is 12.0 Å². The van der Waals surface area contributed by atoms with Crippen molar-refractivity contribution in [3.05, 3.63) is 48.0 Å². The number of nitrogens with one attached hydrogen (secondary N) is 2. The molecule has 1 saturated heterocycles. The molecule has 36 heavy (non-hydrogen) atoms. The number of ether oxygens (including phenoxy) is 1. The van der Waals surface area contributed by atoms with Gasteiger partial charge < -0.3 is 25.4 Å². The van der Waals surface area contributed by atoms with Crippen LogP contribution in [0.4, 0.5) is 30.6 Å². The van der Waals surface area contributed by atoms with E-state index >= 15 is 0 Å². The Morgan fingerprint density at radius 1 is 1.11 bits per heavy atom. The second-order valence-electron chi connectivity index (χ2n) is 9.69. The van der Waals surface area contributed by atoms with Crippen LogP contribution in [-0.4, -0.2) is 47.7 Å². The molecule has 0 bridgehead atoms. The van der Waals surface area contributed by atoms with Crippen LogP contribution < -0.4 is 15.5 Å². The molecule has 3 rings (SSSR count). The van der Waals surface area contributed by atoms with Crippen molar-refractivity contribution in [2.75, 3.05) is 35.3 Å². The van der Waals surface area contributed by atoms with Gasteiger partial charge in [-0.05, 0) is 62.9 Å². The average molecular weight is 522 g/mol. The van der Waals surface area contributed by atoms with Crippen molar-refractivity contribution in [3.8, 4) is 0 Å². The summed E-state index contributed by atoms with van der Waals surface area (Å²) in [5, 5.41) is 14.8. The van der Waals surface area contributed by atoms with Gasteiger partial charge in [0.15, 0.2) is 0 Å². The van der Waals surface area contributed by atoms with Crippen LogP contribution in [0, 0.1) is 17.6 Å². The molecule has 196 valence electrons. The number of hydrogen-bond donors (Lipinski definition) is 3. The van der Waals surface area contributed by atoms with E-state index in [1.165, 1.54) is 0 Å². The quantitative estimate of drug-likeness (QED) is 0.340. The van der Waals surface area contributed by atoms with E-state index in [0.717, 1.165) is 49.0 Å². The van der Waals surface area contributed by atoms with Gasteiger partial charge in [0.1, 0.15) is 16.4 Å². The van der Waals surface area contributed by atoms with E-state index in [4.69, 9.17) is 4.74 Å². The lowest BCUT2D eigenvalue weighted by Gasteiger charge is -2.38. The van der Waals surface area contributed by atoms with Crippen LogP contribution in [0.5, 0.6) is 0 Å². The van der Waals surface area contributed by atoms with Gasteiger partial charge in [-0.2, -0.15) is 0 Å². The number of anilines is 3. The van der Waals surface area contributed by atoms with Crippen LogP contribution in [0.1, 0.15) is 40.5 Å². The Bertz CT molecular complexity index is 1090. The zero-order valence-electron chi connectivity index (χ0n) is 20.9. The third-order valence-corrected chi connectivity index (χ3v) is 6.96. The fourth-order valence-corrected chi connectivity index (χ4v) is 4.96. The van der Waals surface area contributed by atoms with E-state index in [-0.39, 0.29) is 11.7 Å². The largest absolute Gasteiger partial charge is 0.480 e. The molecule has 2 aromatic rings. The van der Waals surface area contributed by atoms with E-state index in [0.29, 0.717) is 35.8 Å². The maximum atomic E-state index is 14.1. The summed E-state index contributed by atoms with van der Waals surface area (Å²) >= 11 is 1.16. The lowest BCUT2D eigenvalue weighted by molar-refractivity contribution is -0.138. The summed E-state index contributed by atoms with van der Waals surface area (Å²) in [5.41, 5.74) is 1.09. The third-order valence-electron chi connectivity index (χ3n) is 5.79. The minimum atomic E-state index is -1.09. The molecule has 1 aliphatic heterocycles. The Balaban J connectivity index is 1.96. The van der Waals surface area contributed by atoms with Crippen molar-refractivity contribution in [2.24, 2.45) is 5.92 Å². The van der Waals surface area contributed by atoms with Crippen molar-refractivity contribution < 1.29 is 28.2 Å². The number of carbonyl (C=O) groups is 2. The lowest BCUT2D eigenvalue weighted by atomic mass is 10.0. The molecule has 2 aromatic carbocycles. The molecule has 2 amide bonds. The minimum absolute atomic E-state index is 0.156. The van der Waals surface area contributed by atoms with Gasteiger partial charge in [0.25, 0.3) is 0 Å². The predicted molar refractivity (Wildman–Crippen MR) is 139 cm³/mol. The number of benzene rings is 2. The first-order valence-corrected chi connectivity index (χ1v) is 12.7. The molecule has 0 radical (unpaired) electrons. The average Bonchev–Trinajstić information content (AvgIpc) is 2.80. The van der Waals surface area contributed by atoms with Gasteiger partial charge in [-0.1, -0.05) is 13.8 Å². The molecule has 1 fully saturated rings. The minimum Gasteiger partial charge on any atom is -0.480 e. The summed E-state index contributed by atoms with van der Waals surface area (Å²) in [6.45, 7) is 9.48. The monoisotopic (exact) mass is 521 g/mol. The van der Waals surface area contributed by atoms with Crippen LogP contribution in [0.15, 0.2) is 41.3 Å². The summed E-state index contributed by atoms with van der Waals surface area (Å²) in [7, 11) is 0. The zero-order chi connectivity index (χ0) is 26.5. The van der Waals surface area contributed by atoms with Crippen molar-refractivity contribution in [1.82, 2.24) is 0 Å². The van der Waals surface area contributed by atoms with Gasteiger partial charge in [0.05, 0.1) is 17.1 Å². The van der Waals surface area contributed by atoms with E-state index < -0.39 is 28.4 Å². The van der Waals surface area contributed by atoms with Crippen LogP contribution >= 0.6 is 11.8 Å². The number of thioether (sulfide) groups is 1. The highest BCUT2D eigenvalue weighted by atomic mass is 32.2. The van der Waals surface area contributed by atoms with Crippen LogP contribution in [0.2, 0.25) is 0 Å². The summed E-state index contributed by atoms with van der Waals surface area (Å²) in [6, 6.07) is 7.88. The fourth-order valence-electron chi connectivity index (χ4n) is 3.97. The normalized spacial score (nSPS) is 14.5. The molecule has 0 saturated carbocycles. The van der Waals surface area contributed by atoms with Crippen molar-refractivity contribution in [2.45, 2.75) is 56.2 Å². The molecular weight excluding hydrogens is 488 g/mol. The van der Waals surface area contributed by atoms with Crippen molar-refractivity contribution in [3.63, 3.8) is 0 Å². The molecule has 1 aliphatic rings. The molecule has 0 aliphatic carbocycles. The van der Waals surface area contributed by atoms with E-state index in [1.807, 2.05) is 12.1 Å². The highest BCUT2D eigenvalue weighted by molar-refractivity contribution is 8.01. The van der Waals surface area contributed by atoms with Gasteiger partial charge in [-0.3, -0.25) is 4.79 Å². The number of amides is 2. The lowest BCUT2D eigenvalue weighted by Crippen LogP contribution is -2.42. The molecule has 0 aromatic heterocycles. The molecular formula is C26H33F2N3O4S. The zero-order valence-corrected chi connectivity index (χ0v) is 21.8. The number of carboxylic acid groups (broad SMARTS) is 1. The summed E-state index contributed by atoms with van der Waals surface area (Å²) < 4.78 is 31.8. The highest BCUT2D eigenvalue weighted by Crippen LogP contribution is 2.39. The Morgan fingerprint density at radius 2 is 1.78 bits per heavy atom. The molecule has 0 atom stereocenters. The molecule has 3 N–H and O–H groups in total. The Hall–Kier alpha value is -2.85. The van der Waals surface area contributed by atoms with E-state index in [2.05, 4.69) is 29.4 Å². The van der Waals surface area contributed by atoms with Crippen LogP contribution in [-0.2, 0) is 9.53 Å². The number of aliphatic carboxylic acids is 1. The first kappa shape index (κ1) is 27.7. The van der Waals surface area contributed by atoms with Crippen LogP contribution in [0.3, 0.4) is 0 Å². The summed E-state index contributed by atoms with van der Waals surface area (Å²) in [5.74, 6) is -2.25. The number of nitrogens with zero attached hydrogens (tertiary/aromatic N) is 1. The van der Waals surface area contributed by atoms with E-state index in [9.17, 15) is 23.5 Å². The number of carboxylic acids is 1. The van der Waals surface area contributed by atoms with Crippen molar-refractivity contribution >= 4 is 40.8 Å². The smallest absolute Gasteiger partial charge is 0.323 e. The van der Waals surface area contributed by atoms with Gasteiger partial charge in [-0.25, -0.2) is 13.6 Å². The topological polar surface area (TPSA) is 90.9 Å². The second-order valence-corrected chi connectivity index (χ2v) is 11.4. The maximum absolute atomic E-state index is 14.1. The highest BCUT2D eigenvalue weighted by Gasteiger charge is 2.30. The number of urea groups is 1. The van der Waals surface area contributed by atoms with Crippen molar-refractivity contribution in [1.29, 1.82) is 0 Å². The Kier molecular flexibility index (Phi) is 9.19.